The molecule has 0 heterocycles. The molecule has 0 aliphatic heterocycles. The van der Waals surface area contributed by atoms with Gasteiger partial charge in [0.25, 0.3) is 0 Å². The van der Waals surface area contributed by atoms with Gasteiger partial charge in [0.1, 0.15) is 19.8 Å². The molecule has 4 atom stereocenters. The lowest BCUT2D eigenvalue weighted by Gasteiger charge is -2.43. The monoisotopic (exact) mass is 537 g/mol. The van der Waals surface area contributed by atoms with E-state index in [1.165, 1.54) is 0 Å². The van der Waals surface area contributed by atoms with Crippen LogP contribution in [0.4, 0.5) is 0 Å². The fourth-order valence-corrected chi connectivity index (χ4v) is 5.05. The lowest BCUT2D eigenvalue weighted by atomic mass is 9.63. The number of nitrogens with zero attached hydrogens (tertiary/aromatic N) is 1. The number of hydrogen-bond acceptors (Lipinski definition) is 6. The highest BCUT2D eigenvalue weighted by atomic mass is 31.2. The van der Waals surface area contributed by atoms with E-state index in [1.807, 2.05) is 28.1 Å². The van der Waals surface area contributed by atoms with Gasteiger partial charge in [0.2, 0.25) is 0 Å². The third-order valence-corrected chi connectivity index (χ3v) is 7.97. The largest absolute Gasteiger partial charge is 0.472 e. The smallest absolute Gasteiger partial charge is 0.463 e. The SMILES string of the molecule is CC(CC(C)(CC(C)(C)C)C(=O)OCCOP(=O)(O)OCC[N+](C)(C)C)C(C)(C)CC(N)C(C)(C)C. The van der Waals surface area contributed by atoms with Gasteiger partial charge in [-0.3, -0.25) is 13.8 Å². The van der Waals surface area contributed by atoms with Gasteiger partial charge in [-0.05, 0) is 48.3 Å². The molecular weight excluding hydrogens is 479 g/mol. The van der Waals surface area contributed by atoms with Crippen molar-refractivity contribution in [2.24, 2.45) is 33.3 Å². The predicted molar refractivity (Wildman–Crippen MR) is 147 cm³/mol. The highest BCUT2D eigenvalue weighted by Gasteiger charge is 2.43. The number of likely N-dealkylation sites (N-methyl/N-ethyl adjacent to an activating group) is 1. The number of carbonyl (C=O) groups is 1. The molecule has 0 rings (SSSR count). The van der Waals surface area contributed by atoms with Crippen molar-refractivity contribution in [3.05, 3.63) is 0 Å². The van der Waals surface area contributed by atoms with E-state index in [1.54, 1.807) is 0 Å². The van der Waals surface area contributed by atoms with Gasteiger partial charge in [-0.1, -0.05) is 62.3 Å². The molecule has 0 spiro atoms. The summed E-state index contributed by atoms with van der Waals surface area (Å²) in [5, 5.41) is 0. The molecule has 0 aliphatic carbocycles. The van der Waals surface area contributed by atoms with Crippen LogP contribution >= 0.6 is 7.82 Å². The van der Waals surface area contributed by atoms with Crippen molar-refractivity contribution in [3.8, 4) is 0 Å². The minimum absolute atomic E-state index is 0.00631. The fraction of sp³-hybridized carbons (Fsp3) is 0.963. The number of hydrogen-bond donors (Lipinski definition) is 2. The van der Waals surface area contributed by atoms with Crippen molar-refractivity contribution in [1.29, 1.82) is 0 Å². The van der Waals surface area contributed by atoms with Crippen molar-refractivity contribution < 1.29 is 32.5 Å². The van der Waals surface area contributed by atoms with Crippen LogP contribution in [0.25, 0.3) is 0 Å². The van der Waals surface area contributed by atoms with Crippen LogP contribution in [-0.4, -0.2) is 68.9 Å². The van der Waals surface area contributed by atoms with E-state index in [0.29, 0.717) is 23.9 Å². The van der Waals surface area contributed by atoms with Crippen LogP contribution in [-0.2, 0) is 23.1 Å². The summed E-state index contributed by atoms with van der Waals surface area (Å²) < 4.78 is 28.3. The Kier molecular flexibility index (Phi) is 12.9. The third kappa shape index (κ3) is 14.4. The van der Waals surface area contributed by atoms with Crippen LogP contribution in [0, 0.1) is 27.6 Å². The number of phosphoric ester groups is 1. The fourth-order valence-electron chi connectivity index (χ4n) is 4.35. The first-order valence-electron chi connectivity index (χ1n) is 13.1. The van der Waals surface area contributed by atoms with E-state index in [4.69, 9.17) is 19.5 Å². The highest BCUT2D eigenvalue weighted by Crippen LogP contribution is 2.46. The first kappa shape index (κ1) is 35.5. The van der Waals surface area contributed by atoms with E-state index in [9.17, 15) is 14.3 Å². The zero-order valence-electron chi connectivity index (χ0n) is 25.6. The summed E-state index contributed by atoms with van der Waals surface area (Å²) in [6.45, 7) is 21.7. The molecule has 0 aromatic heterocycles. The van der Waals surface area contributed by atoms with E-state index < -0.39 is 13.2 Å². The Morgan fingerprint density at radius 2 is 1.42 bits per heavy atom. The Labute approximate surface area is 221 Å². The third-order valence-electron chi connectivity index (χ3n) is 6.95. The molecule has 0 saturated heterocycles. The number of quaternary nitrogens is 1. The van der Waals surface area contributed by atoms with Gasteiger partial charge in [-0.15, -0.1) is 0 Å². The van der Waals surface area contributed by atoms with E-state index in [2.05, 4.69) is 62.3 Å². The molecule has 0 aliphatic rings. The second-order valence-corrected chi connectivity index (χ2v) is 16.3. The summed E-state index contributed by atoms with van der Waals surface area (Å²) in [5.74, 6) is -0.100. The maximum absolute atomic E-state index is 13.3. The number of rotatable bonds is 15. The van der Waals surface area contributed by atoms with Gasteiger partial charge >= 0.3 is 13.8 Å². The van der Waals surface area contributed by atoms with Crippen molar-refractivity contribution in [2.75, 3.05) is 47.5 Å². The van der Waals surface area contributed by atoms with Crippen molar-refractivity contribution in [1.82, 2.24) is 0 Å². The van der Waals surface area contributed by atoms with Crippen LogP contribution < -0.4 is 5.73 Å². The summed E-state index contributed by atoms with van der Waals surface area (Å²) in [4.78, 5) is 23.2. The second kappa shape index (κ2) is 13.0. The van der Waals surface area contributed by atoms with Crippen LogP contribution in [0.2, 0.25) is 0 Å². The summed E-state index contributed by atoms with van der Waals surface area (Å²) in [5.41, 5.74) is 5.64. The zero-order valence-corrected chi connectivity index (χ0v) is 26.5. The molecule has 3 N–H and O–H groups in total. The first-order valence-corrected chi connectivity index (χ1v) is 14.6. The number of carbonyl (C=O) groups excluding carboxylic acids is 1. The summed E-state index contributed by atoms with van der Waals surface area (Å²) in [6, 6.07) is 0.0478. The second-order valence-electron chi connectivity index (χ2n) is 14.9. The predicted octanol–water partition coefficient (Wildman–Crippen LogP) is 5.63. The summed E-state index contributed by atoms with van der Waals surface area (Å²) >= 11 is 0. The van der Waals surface area contributed by atoms with Gasteiger partial charge in [-0.2, -0.15) is 0 Å². The molecular formula is C27H58N2O6P+. The minimum atomic E-state index is -4.20. The van der Waals surface area contributed by atoms with Crippen molar-refractivity contribution in [2.45, 2.75) is 94.5 Å². The Balaban J connectivity index is 5.19. The van der Waals surface area contributed by atoms with Gasteiger partial charge in [0, 0.05) is 6.04 Å². The molecule has 0 bridgehead atoms. The Bertz CT molecular complexity index is 736. The quantitative estimate of drug-likeness (QED) is 0.121. The number of esters is 1. The molecule has 36 heavy (non-hydrogen) atoms. The van der Waals surface area contributed by atoms with Gasteiger partial charge in [-0.25, -0.2) is 4.57 Å². The Morgan fingerprint density at radius 3 is 1.86 bits per heavy atom. The van der Waals surface area contributed by atoms with E-state index >= 15 is 0 Å². The van der Waals surface area contributed by atoms with Crippen LogP contribution in [0.5, 0.6) is 0 Å². The Morgan fingerprint density at radius 1 is 0.917 bits per heavy atom. The summed E-state index contributed by atoms with van der Waals surface area (Å²) in [6.07, 6.45) is 2.16. The molecule has 9 heteroatoms. The maximum Gasteiger partial charge on any atom is 0.472 e. The van der Waals surface area contributed by atoms with Gasteiger partial charge < -0.3 is 19.8 Å². The standard InChI is InChI=1S/C27H57N2O6P/c1-21(26(8,9)19-22(28)25(5,6)7)18-27(10,20-24(2,3)4)23(30)33-16-17-35-36(31,32)34-15-14-29(11,12)13/h21-22H,14-20,28H2,1-13H3/p+1. The molecule has 0 saturated carbocycles. The van der Waals surface area contributed by atoms with Crippen molar-refractivity contribution >= 4 is 13.8 Å². The average Bonchev–Trinajstić information content (AvgIpc) is 2.60. The maximum atomic E-state index is 13.3. The van der Waals surface area contributed by atoms with E-state index in [0.717, 1.165) is 6.42 Å². The van der Waals surface area contributed by atoms with Gasteiger partial charge in [0.05, 0.1) is 33.2 Å². The molecule has 0 radical (unpaired) electrons. The molecule has 4 unspecified atom stereocenters. The Hall–Kier alpha value is -0.500. The van der Waals surface area contributed by atoms with Gasteiger partial charge in [0.15, 0.2) is 0 Å². The van der Waals surface area contributed by atoms with E-state index in [-0.39, 0.29) is 54.0 Å². The number of ether oxygens (including phenoxy) is 1. The molecule has 0 fully saturated rings. The van der Waals surface area contributed by atoms with Crippen LogP contribution in [0.3, 0.4) is 0 Å². The topological polar surface area (TPSA) is 108 Å². The van der Waals surface area contributed by atoms with Crippen LogP contribution in [0.1, 0.15) is 88.5 Å². The normalized spacial score (nSPS) is 18.8. The number of phosphoric acid groups is 1. The molecule has 0 aromatic rings. The highest BCUT2D eigenvalue weighted by molar-refractivity contribution is 7.47. The lowest BCUT2D eigenvalue weighted by Crippen LogP contribution is -2.43. The number of nitrogens with two attached hydrogens (primary N) is 1. The first-order chi connectivity index (χ1) is 15.8. The van der Waals surface area contributed by atoms with Crippen LogP contribution in [0.15, 0.2) is 0 Å². The van der Waals surface area contributed by atoms with Crippen molar-refractivity contribution in [3.63, 3.8) is 0 Å². The molecule has 0 amide bonds. The minimum Gasteiger partial charge on any atom is -0.463 e. The zero-order chi connectivity index (χ0) is 28.8. The molecule has 216 valence electrons. The average molecular weight is 538 g/mol. The summed E-state index contributed by atoms with van der Waals surface area (Å²) in [7, 11) is 1.68. The molecule has 8 nitrogen and oxygen atoms in total. The molecule has 0 aromatic carbocycles. The lowest BCUT2D eigenvalue weighted by molar-refractivity contribution is -0.870.